The highest BCUT2D eigenvalue weighted by Gasteiger charge is 2.44. The number of aromatic amines is 1. The first-order valence-electron chi connectivity index (χ1n) is 15.4. The second kappa shape index (κ2) is 15.2. The van der Waals surface area contributed by atoms with Crippen molar-refractivity contribution in [2.24, 2.45) is 11.8 Å². The number of alkyl halides is 6. The van der Waals surface area contributed by atoms with Crippen LogP contribution < -0.4 is 20.7 Å². The monoisotopic (exact) mass is 712 g/mol. The first kappa shape index (κ1) is 37.7. The van der Waals surface area contributed by atoms with Crippen molar-refractivity contribution in [1.82, 2.24) is 20.9 Å². The Labute approximate surface area is 281 Å². The summed E-state index contributed by atoms with van der Waals surface area (Å²) in [6, 6.07) is 4.83. The summed E-state index contributed by atoms with van der Waals surface area (Å²) in [5, 5.41) is 8.21. The Bertz CT molecular complexity index is 1740. The van der Waals surface area contributed by atoms with Gasteiger partial charge in [0.15, 0.2) is 12.4 Å². The molecule has 1 fully saturated rings. The molecule has 3 atom stereocenters. The van der Waals surface area contributed by atoms with Crippen molar-refractivity contribution in [2.75, 3.05) is 20.3 Å². The highest BCUT2D eigenvalue weighted by Crippen LogP contribution is 2.39. The fourth-order valence-electron chi connectivity index (χ4n) is 5.62. The number of ketones is 1. The summed E-state index contributed by atoms with van der Waals surface area (Å²) in [4.78, 5) is 68.2. The van der Waals surface area contributed by atoms with Crippen LogP contribution in [0.3, 0.4) is 0 Å². The lowest BCUT2D eigenvalue weighted by atomic mass is 9.95. The summed E-state index contributed by atoms with van der Waals surface area (Å²) in [6.07, 6.45) is -10.7. The van der Waals surface area contributed by atoms with Crippen molar-refractivity contribution < 1.29 is 59.8 Å². The Morgan fingerprint density at radius 3 is 2.14 bits per heavy atom. The van der Waals surface area contributed by atoms with Gasteiger partial charge < -0.3 is 30.4 Å². The first-order valence-corrected chi connectivity index (χ1v) is 15.4. The van der Waals surface area contributed by atoms with Crippen LogP contribution in [0.4, 0.5) is 26.3 Å². The van der Waals surface area contributed by atoms with Gasteiger partial charge in [-0.25, -0.2) is 4.79 Å². The number of Topliss-reactive ketones (excluding diaryl/α,β-unsaturated/α-hetero) is 1. The minimum absolute atomic E-state index is 0.0787. The number of methoxy groups -OCH3 is 1. The SMILES string of the molecule is COc1cccc2[nH]c(C(=O)N[C@@H](CC(C)C)C(=O)N[C@@H](C[C@@H]3CCNC3=O)C(=O)COC(=O)c3c(C(F)(F)F)cccc3C(F)(F)F)cc12. The van der Waals surface area contributed by atoms with Crippen LogP contribution in [0.5, 0.6) is 5.75 Å². The number of amides is 3. The summed E-state index contributed by atoms with van der Waals surface area (Å²) in [5.74, 6) is -5.66. The first-order chi connectivity index (χ1) is 23.4. The smallest absolute Gasteiger partial charge is 0.417 e. The van der Waals surface area contributed by atoms with Gasteiger partial charge in [-0.05, 0) is 55.5 Å². The topological polar surface area (TPSA) is 156 Å². The number of carbonyl (C=O) groups excluding carboxylic acids is 5. The number of ether oxygens (including phenoxy) is 2. The molecule has 1 saturated heterocycles. The molecule has 50 heavy (non-hydrogen) atoms. The fraction of sp³-hybridized carbons (Fsp3) is 0.424. The maximum atomic E-state index is 13.6. The molecule has 4 N–H and O–H groups in total. The van der Waals surface area contributed by atoms with Crippen molar-refractivity contribution >= 4 is 40.4 Å². The number of hydrogen-bond acceptors (Lipinski definition) is 7. The molecule has 3 aromatic rings. The van der Waals surface area contributed by atoms with Crippen LogP contribution in [0.1, 0.15) is 65.1 Å². The molecule has 0 saturated carbocycles. The van der Waals surface area contributed by atoms with Crippen LogP contribution in [-0.2, 0) is 31.5 Å². The molecule has 0 bridgehead atoms. The Morgan fingerprint density at radius 1 is 0.940 bits per heavy atom. The maximum absolute atomic E-state index is 13.6. The fourth-order valence-corrected chi connectivity index (χ4v) is 5.62. The van der Waals surface area contributed by atoms with Gasteiger partial charge in [0, 0.05) is 23.4 Å². The largest absolute Gasteiger partial charge is 0.496 e. The molecule has 17 heteroatoms. The molecule has 1 aliphatic heterocycles. The van der Waals surface area contributed by atoms with E-state index in [9.17, 15) is 50.3 Å². The molecule has 11 nitrogen and oxygen atoms in total. The van der Waals surface area contributed by atoms with E-state index in [4.69, 9.17) is 4.74 Å². The molecule has 0 spiro atoms. The standard InChI is InChI=1S/C33H34F6N4O7/c1-16(2)12-23(43-30(47)24-14-18-21(41-24)8-5-9-26(18)49-3)29(46)42-22(13-17-10-11-40-28(17)45)25(44)15-50-31(48)27-19(32(34,35)36)6-4-7-20(27)33(37,38)39/h4-9,14,16-17,22-23,41H,10-13,15H2,1-3H3,(H,40,45)(H,42,46)(H,43,47)/t17-,22-,23-/m0/s1. The van der Waals surface area contributed by atoms with Gasteiger partial charge in [-0.2, -0.15) is 26.3 Å². The second-order valence-corrected chi connectivity index (χ2v) is 12.1. The van der Waals surface area contributed by atoms with Crippen molar-refractivity contribution in [3.8, 4) is 5.75 Å². The van der Waals surface area contributed by atoms with Crippen LogP contribution in [-0.4, -0.2) is 66.8 Å². The van der Waals surface area contributed by atoms with Gasteiger partial charge in [-0.3, -0.25) is 19.2 Å². The second-order valence-electron chi connectivity index (χ2n) is 12.1. The number of aromatic nitrogens is 1. The van der Waals surface area contributed by atoms with Crippen molar-refractivity contribution in [3.05, 3.63) is 64.8 Å². The predicted octanol–water partition coefficient (Wildman–Crippen LogP) is 4.80. The van der Waals surface area contributed by atoms with E-state index in [1.807, 2.05) is 0 Å². The summed E-state index contributed by atoms with van der Waals surface area (Å²) < 4.78 is 91.6. The predicted molar refractivity (Wildman–Crippen MR) is 165 cm³/mol. The van der Waals surface area contributed by atoms with Crippen LogP contribution in [0.25, 0.3) is 10.9 Å². The molecule has 0 unspecified atom stereocenters. The normalized spacial score (nSPS) is 16.1. The summed E-state index contributed by atoms with van der Waals surface area (Å²) >= 11 is 0. The third kappa shape index (κ3) is 8.92. The van der Waals surface area contributed by atoms with Gasteiger partial charge in [0.2, 0.25) is 11.8 Å². The zero-order valence-corrected chi connectivity index (χ0v) is 27.0. The average molecular weight is 713 g/mol. The van der Waals surface area contributed by atoms with E-state index in [0.717, 1.165) is 0 Å². The Balaban J connectivity index is 1.56. The van der Waals surface area contributed by atoms with Crippen LogP contribution in [0.2, 0.25) is 0 Å². The lowest BCUT2D eigenvalue weighted by molar-refractivity contribution is -0.144. The molecule has 0 aliphatic carbocycles. The Morgan fingerprint density at radius 2 is 1.58 bits per heavy atom. The summed E-state index contributed by atoms with van der Waals surface area (Å²) in [7, 11) is 1.46. The van der Waals surface area contributed by atoms with Gasteiger partial charge in [0.05, 0.1) is 29.8 Å². The highest BCUT2D eigenvalue weighted by molar-refractivity contribution is 6.02. The van der Waals surface area contributed by atoms with E-state index >= 15 is 0 Å². The third-order valence-electron chi connectivity index (χ3n) is 8.03. The number of halogens is 6. The zero-order valence-electron chi connectivity index (χ0n) is 27.0. The number of nitrogens with one attached hydrogen (secondary N) is 4. The minimum atomic E-state index is -5.37. The molecule has 2 heterocycles. The van der Waals surface area contributed by atoms with Gasteiger partial charge >= 0.3 is 18.3 Å². The van der Waals surface area contributed by atoms with Crippen LogP contribution in [0, 0.1) is 11.8 Å². The third-order valence-corrected chi connectivity index (χ3v) is 8.03. The summed E-state index contributed by atoms with van der Waals surface area (Å²) in [5.41, 5.74) is -5.00. The van der Waals surface area contributed by atoms with E-state index in [1.54, 1.807) is 32.0 Å². The van der Waals surface area contributed by atoms with E-state index < -0.39 is 83.1 Å². The lowest BCUT2D eigenvalue weighted by Gasteiger charge is -2.25. The molecule has 3 amide bonds. The zero-order chi connectivity index (χ0) is 37.0. The summed E-state index contributed by atoms with van der Waals surface area (Å²) in [6.45, 7) is 2.45. The number of rotatable bonds is 13. The number of H-pyrrole nitrogens is 1. The number of fused-ring (bicyclic) bond motifs is 1. The quantitative estimate of drug-likeness (QED) is 0.147. The molecule has 0 radical (unpaired) electrons. The lowest BCUT2D eigenvalue weighted by Crippen LogP contribution is -2.53. The molecule has 1 aromatic heterocycles. The van der Waals surface area contributed by atoms with E-state index in [2.05, 4.69) is 25.7 Å². The van der Waals surface area contributed by atoms with Crippen molar-refractivity contribution in [3.63, 3.8) is 0 Å². The van der Waals surface area contributed by atoms with Gasteiger partial charge in [0.1, 0.15) is 17.5 Å². The van der Waals surface area contributed by atoms with E-state index in [-0.39, 0.29) is 49.6 Å². The van der Waals surface area contributed by atoms with Gasteiger partial charge in [-0.15, -0.1) is 0 Å². The number of benzene rings is 2. The van der Waals surface area contributed by atoms with Crippen molar-refractivity contribution in [1.29, 1.82) is 0 Å². The number of esters is 1. The maximum Gasteiger partial charge on any atom is 0.417 e. The van der Waals surface area contributed by atoms with E-state index in [1.165, 1.54) is 13.2 Å². The molecule has 1 aliphatic rings. The molecular formula is C33H34F6N4O7. The number of carbonyl (C=O) groups is 5. The Kier molecular flexibility index (Phi) is 11.5. The van der Waals surface area contributed by atoms with Gasteiger partial charge in [-0.1, -0.05) is 26.0 Å². The molecule has 4 rings (SSSR count). The average Bonchev–Trinajstić information content (AvgIpc) is 3.67. The molecule has 2 aromatic carbocycles. The molecular weight excluding hydrogens is 678 g/mol. The van der Waals surface area contributed by atoms with E-state index in [0.29, 0.717) is 22.7 Å². The van der Waals surface area contributed by atoms with Crippen LogP contribution >= 0.6 is 0 Å². The Hall–Kier alpha value is -5.09. The van der Waals surface area contributed by atoms with Crippen molar-refractivity contribution in [2.45, 2.75) is 57.5 Å². The number of hydrogen-bond donors (Lipinski definition) is 4. The van der Waals surface area contributed by atoms with Crippen LogP contribution in [0.15, 0.2) is 42.5 Å². The molecule has 270 valence electrons. The minimum Gasteiger partial charge on any atom is -0.496 e. The highest BCUT2D eigenvalue weighted by atomic mass is 19.4. The van der Waals surface area contributed by atoms with Gasteiger partial charge in [0.25, 0.3) is 5.91 Å².